The van der Waals surface area contributed by atoms with Gasteiger partial charge < -0.3 is 5.32 Å². The molecule has 1 aromatic rings. The lowest BCUT2D eigenvalue weighted by atomic mass is 9.48. The topological polar surface area (TPSA) is 46.2 Å². The molecule has 28 heavy (non-hydrogen) atoms. The molecule has 3 heteroatoms. The maximum atomic E-state index is 13.1. The number of amides is 1. The first kappa shape index (κ1) is 18.1. The highest BCUT2D eigenvalue weighted by molar-refractivity contribution is 6.26. The number of Topliss-reactive ketones (excluding diaryl/α,β-unsaturated/α-hetero) is 1. The van der Waals surface area contributed by atoms with E-state index in [9.17, 15) is 9.59 Å². The summed E-state index contributed by atoms with van der Waals surface area (Å²) in [4.78, 5) is 25.9. The van der Waals surface area contributed by atoms with E-state index in [1.54, 1.807) is 12.1 Å². The number of carbonyl (C=O) groups is 2. The van der Waals surface area contributed by atoms with Gasteiger partial charge in [0, 0.05) is 17.0 Å². The van der Waals surface area contributed by atoms with E-state index in [0.29, 0.717) is 22.5 Å². The van der Waals surface area contributed by atoms with Crippen molar-refractivity contribution < 1.29 is 9.59 Å². The van der Waals surface area contributed by atoms with Crippen molar-refractivity contribution in [3.63, 3.8) is 0 Å². The van der Waals surface area contributed by atoms with Crippen molar-refractivity contribution in [2.45, 2.75) is 64.8 Å². The zero-order valence-corrected chi connectivity index (χ0v) is 17.0. The fourth-order valence-corrected chi connectivity index (χ4v) is 7.35. The average molecular weight is 378 g/mol. The lowest BCUT2D eigenvalue weighted by molar-refractivity contribution is -0.122. The molecule has 1 aromatic carbocycles. The number of hydrogen-bond acceptors (Lipinski definition) is 2. The molecule has 3 nitrogen and oxygen atoms in total. The van der Waals surface area contributed by atoms with Crippen LogP contribution in [-0.2, 0) is 4.79 Å². The molecule has 5 rings (SSSR count). The van der Waals surface area contributed by atoms with Gasteiger partial charge in [-0.1, -0.05) is 56.7 Å². The Kier molecular flexibility index (Phi) is 4.08. The number of carbonyl (C=O) groups excluding carboxylic acids is 2. The predicted molar refractivity (Wildman–Crippen MR) is 110 cm³/mol. The Morgan fingerprint density at radius 3 is 2.57 bits per heavy atom. The fraction of sp³-hybridized carbons (Fsp3) is 0.600. The number of nitrogens with one attached hydrogen (secondary N) is 1. The van der Waals surface area contributed by atoms with Crippen LogP contribution >= 0.6 is 0 Å². The molecule has 148 valence electrons. The van der Waals surface area contributed by atoms with E-state index >= 15 is 0 Å². The van der Waals surface area contributed by atoms with Crippen LogP contribution in [-0.4, -0.2) is 17.7 Å². The second-order valence-electron chi connectivity index (χ2n) is 10.2. The first-order chi connectivity index (χ1) is 13.4. The molecule has 1 amide bonds. The van der Waals surface area contributed by atoms with E-state index < -0.39 is 0 Å². The summed E-state index contributed by atoms with van der Waals surface area (Å²) in [6, 6.07) is 9.39. The smallest absolute Gasteiger partial charge is 0.255 e. The van der Waals surface area contributed by atoms with Gasteiger partial charge in [-0.05, 0) is 61.7 Å². The molecule has 0 radical (unpaired) electrons. The molecule has 3 fully saturated rings. The summed E-state index contributed by atoms with van der Waals surface area (Å²) in [7, 11) is 0. The van der Waals surface area contributed by atoms with Crippen molar-refractivity contribution in [2.75, 3.05) is 0 Å². The Morgan fingerprint density at radius 2 is 1.79 bits per heavy atom. The van der Waals surface area contributed by atoms with Crippen LogP contribution in [0, 0.1) is 28.6 Å². The molecule has 1 N–H and O–H groups in total. The van der Waals surface area contributed by atoms with E-state index in [-0.39, 0.29) is 23.1 Å². The van der Waals surface area contributed by atoms with Crippen molar-refractivity contribution >= 4 is 11.7 Å². The molecule has 6 atom stereocenters. The monoisotopic (exact) mass is 377 g/mol. The van der Waals surface area contributed by atoms with Crippen LogP contribution in [0.3, 0.4) is 0 Å². The largest absolute Gasteiger partial charge is 0.348 e. The first-order valence-corrected chi connectivity index (χ1v) is 11.1. The molecule has 1 heterocycles. The summed E-state index contributed by atoms with van der Waals surface area (Å²) < 4.78 is 0. The zero-order chi connectivity index (χ0) is 19.5. The van der Waals surface area contributed by atoms with Crippen LogP contribution in [0.5, 0.6) is 0 Å². The van der Waals surface area contributed by atoms with E-state index in [0.717, 1.165) is 18.3 Å². The molecule has 0 saturated heterocycles. The van der Waals surface area contributed by atoms with Crippen molar-refractivity contribution in [3.05, 3.63) is 47.5 Å². The first-order valence-electron chi connectivity index (χ1n) is 11.1. The van der Waals surface area contributed by atoms with E-state index in [1.165, 1.54) is 38.5 Å². The lowest BCUT2D eigenvalue weighted by Crippen LogP contribution is -2.60. The molecule has 0 bridgehead atoms. The van der Waals surface area contributed by atoms with Gasteiger partial charge >= 0.3 is 0 Å². The van der Waals surface area contributed by atoms with Crippen molar-refractivity contribution in [3.8, 4) is 0 Å². The fourth-order valence-electron chi connectivity index (χ4n) is 7.35. The second kappa shape index (κ2) is 6.30. The molecule has 4 aliphatic rings. The number of fused-ring (bicyclic) bond motifs is 5. The number of ketones is 1. The van der Waals surface area contributed by atoms with Gasteiger partial charge in [0.25, 0.3) is 5.91 Å². The molecule has 0 spiro atoms. The molecule has 0 aromatic heterocycles. The summed E-state index contributed by atoms with van der Waals surface area (Å²) in [5.41, 5.74) is 1.37. The van der Waals surface area contributed by atoms with Crippen molar-refractivity contribution in [2.24, 2.45) is 28.6 Å². The zero-order valence-electron chi connectivity index (χ0n) is 17.0. The Hall–Kier alpha value is -1.90. The molecule has 3 saturated carbocycles. The minimum atomic E-state index is -0.184. The van der Waals surface area contributed by atoms with Gasteiger partial charge in [0.2, 0.25) is 0 Å². The summed E-state index contributed by atoms with van der Waals surface area (Å²) in [6.45, 7) is 4.82. The van der Waals surface area contributed by atoms with Crippen LogP contribution < -0.4 is 5.32 Å². The number of rotatable bonds is 2. The molecule has 3 aliphatic carbocycles. The maximum Gasteiger partial charge on any atom is 0.255 e. The Labute approximate surface area is 168 Å². The van der Waals surface area contributed by atoms with Crippen LogP contribution in [0.4, 0.5) is 0 Å². The second-order valence-corrected chi connectivity index (χ2v) is 10.2. The predicted octanol–water partition coefficient (Wildman–Crippen LogP) is 4.93. The quantitative estimate of drug-likeness (QED) is 0.587. The number of hydrogen-bond donors (Lipinski definition) is 1. The van der Waals surface area contributed by atoms with E-state index in [4.69, 9.17) is 0 Å². The highest BCUT2D eigenvalue weighted by Crippen LogP contribution is 2.63. The van der Waals surface area contributed by atoms with Crippen LogP contribution in [0.1, 0.15) is 69.2 Å². The van der Waals surface area contributed by atoms with Crippen LogP contribution in [0.25, 0.3) is 0 Å². The molecular formula is C25H31NO2. The molecule has 1 aliphatic heterocycles. The van der Waals surface area contributed by atoms with Crippen molar-refractivity contribution in [1.29, 1.82) is 0 Å². The molecule has 0 unspecified atom stereocenters. The Balaban J connectivity index is 1.52. The van der Waals surface area contributed by atoms with Crippen LogP contribution in [0.15, 0.2) is 42.0 Å². The average Bonchev–Trinajstić information content (AvgIpc) is 3.10. The summed E-state index contributed by atoms with van der Waals surface area (Å²) >= 11 is 0. The van der Waals surface area contributed by atoms with Crippen LogP contribution in [0.2, 0.25) is 0 Å². The van der Waals surface area contributed by atoms with Gasteiger partial charge in [0.05, 0.1) is 5.57 Å². The van der Waals surface area contributed by atoms with Crippen molar-refractivity contribution in [1.82, 2.24) is 5.32 Å². The van der Waals surface area contributed by atoms with Gasteiger partial charge in [-0.2, -0.15) is 0 Å². The summed E-state index contributed by atoms with van der Waals surface area (Å²) in [5.74, 6) is 1.81. The maximum absolute atomic E-state index is 13.1. The summed E-state index contributed by atoms with van der Waals surface area (Å²) in [6.07, 6.45) is 11.0. The number of benzene rings is 1. The lowest BCUT2D eigenvalue weighted by Gasteiger charge is -2.58. The normalized spacial score (nSPS) is 41.9. The Morgan fingerprint density at radius 1 is 1.00 bits per heavy atom. The van der Waals surface area contributed by atoms with Gasteiger partial charge in [-0.25, -0.2) is 0 Å². The minimum absolute atomic E-state index is 0.111. The van der Waals surface area contributed by atoms with Gasteiger partial charge in [0.1, 0.15) is 0 Å². The summed E-state index contributed by atoms with van der Waals surface area (Å²) in [5, 5.41) is 3.23. The van der Waals surface area contributed by atoms with E-state index in [2.05, 4.69) is 25.2 Å². The molecular weight excluding hydrogens is 346 g/mol. The van der Waals surface area contributed by atoms with Gasteiger partial charge in [-0.3, -0.25) is 9.59 Å². The minimum Gasteiger partial charge on any atom is -0.348 e. The third kappa shape index (κ3) is 2.54. The highest BCUT2D eigenvalue weighted by Gasteiger charge is 2.58. The highest BCUT2D eigenvalue weighted by atomic mass is 16.2. The standard InChI is InChI=1S/C25H31NO2/c1-24-13-6-9-19(24)17-10-11-21-25(2,20(17)12-14-24)15-18(23(28)26-21)22(27)16-7-4-3-5-8-16/h3-5,7-8,15,17,19-21H,6,9-14H2,1-2H3,(H,26,28)/t17-,19-,20-,21+,24-,25+/m0/s1. The third-order valence-corrected chi connectivity index (χ3v) is 8.84. The SMILES string of the molecule is C[C@@]12CCC[C@H]1[C@@H]1CC[C@H]3NC(=O)C(C(=O)c4ccccc4)=C[C@]3(C)[C@H]1CC2. The van der Waals surface area contributed by atoms with E-state index in [1.807, 2.05) is 18.2 Å². The third-order valence-electron chi connectivity index (χ3n) is 8.84. The van der Waals surface area contributed by atoms with Gasteiger partial charge in [0.15, 0.2) is 5.78 Å². The van der Waals surface area contributed by atoms with Gasteiger partial charge in [-0.15, -0.1) is 0 Å². The Bertz CT molecular complexity index is 843.